The Morgan fingerprint density at radius 2 is 2.16 bits per heavy atom. The fraction of sp³-hybridized carbons (Fsp3) is 0.364. The molecule has 31 heavy (non-hydrogen) atoms. The van der Waals surface area contributed by atoms with Gasteiger partial charge in [-0.2, -0.15) is 0 Å². The second-order valence-corrected chi connectivity index (χ2v) is 8.21. The van der Waals surface area contributed by atoms with Gasteiger partial charge in [-0.3, -0.25) is 9.59 Å². The molecule has 1 saturated heterocycles. The van der Waals surface area contributed by atoms with Gasteiger partial charge in [0.2, 0.25) is 0 Å². The van der Waals surface area contributed by atoms with Crippen molar-refractivity contribution in [3.63, 3.8) is 0 Å². The molecule has 2 aliphatic rings. The van der Waals surface area contributed by atoms with Crippen LogP contribution in [0.5, 0.6) is 0 Å². The van der Waals surface area contributed by atoms with Gasteiger partial charge in [0.15, 0.2) is 11.6 Å². The van der Waals surface area contributed by atoms with Crippen molar-refractivity contribution >= 4 is 11.7 Å². The number of amides is 1. The van der Waals surface area contributed by atoms with Crippen molar-refractivity contribution in [1.29, 1.82) is 0 Å². The van der Waals surface area contributed by atoms with Crippen molar-refractivity contribution in [2.75, 3.05) is 18.0 Å². The van der Waals surface area contributed by atoms with Gasteiger partial charge in [-0.25, -0.2) is 9.37 Å². The van der Waals surface area contributed by atoms with Gasteiger partial charge >= 0.3 is 0 Å². The van der Waals surface area contributed by atoms with Crippen molar-refractivity contribution in [3.8, 4) is 0 Å². The lowest BCUT2D eigenvalue weighted by molar-refractivity contribution is 0.0947. The van der Waals surface area contributed by atoms with Crippen LogP contribution in [0.15, 0.2) is 45.8 Å². The number of aromatic nitrogens is 3. The highest BCUT2D eigenvalue weighted by atomic mass is 19.1. The topological polar surface area (TPSA) is 93.3 Å². The molecule has 8 nitrogen and oxygen atoms in total. The van der Waals surface area contributed by atoms with Gasteiger partial charge in [0.25, 0.3) is 11.5 Å². The molecule has 3 aromatic rings. The first kappa shape index (κ1) is 19.5. The van der Waals surface area contributed by atoms with E-state index in [1.807, 2.05) is 11.0 Å². The molecule has 9 heteroatoms. The zero-order chi connectivity index (χ0) is 21.5. The van der Waals surface area contributed by atoms with E-state index in [9.17, 15) is 14.0 Å². The number of rotatable bonds is 4. The Bertz CT molecular complexity index is 1200. The number of nitrogens with one attached hydrogen (secondary N) is 1. The fourth-order valence-corrected chi connectivity index (χ4v) is 4.67. The second-order valence-electron chi connectivity index (χ2n) is 8.21. The van der Waals surface area contributed by atoms with E-state index in [4.69, 9.17) is 4.52 Å². The zero-order valence-electron chi connectivity index (χ0n) is 17.0. The molecule has 0 saturated carbocycles. The standard InChI is InChI=1S/C22H22FN5O3/c1-13-7-16(26-31-13)9-25-21(29)17-4-5-19-15-8-14(11-28(19)22(17)30)10-27(12-15)20-18(23)3-2-6-24-20/h2-7,14-15H,8-12H2,1H3,(H,25,29)/t14-,15+/m0/s1. The summed E-state index contributed by atoms with van der Waals surface area (Å²) in [6.07, 6.45) is 2.52. The van der Waals surface area contributed by atoms with E-state index in [0.29, 0.717) is 36.9 Å². The molecule has 2 bridgehead atoms. The smallest absolute Gasteiger partial charge is 0.263 e. The summed E-state index contributed by atoms with van der Waals surface area (Å²) in [6, 6.07) is 8.15. The molecule has 1 N–H and O–H groups in total. The van der Waals surface area contributed by atoms with E-state index in [2.05, 4.69) is 15.5 Å². The third-order valence-electron chi connectivity index (χ3n) is 5.99. The third kappa shape index (κ3) is 3.60. The van der Waals surface area contributed by atoms with Gasteiger partial charge in [0.05, 0.1) is 6.54 Å². The predicted molar refractivity (Wildman–Crippen MR) is 110 cm³/mol. The minimum absolute atomic E-state index is 0.0804. The molecule has 5 rings (SSSR count). The van der Waals surface area contributed by atoms with Gasteiger partial charge in [0.1, 0.15) is 17.0 Å². The van der Waals surface area contributed by atoms with Crippen molar-refractivity contribution in [3.05, 3.63) is 75.4 Å². The Morgan fingerprint density at radius 1 is 1.29 bits per heavy atom. The number of nitrogens with zero attached hydrogens (tertiary/aromatic N) is 4. The molecule has 1 fully saturated rings. The lowest BCUT2D eigenvalue weighted by atomic mass is 9.83. The number of aryl methyl sites for hydroxylation is 1. The summed E-state index contributed by atoms with van der Waals surface area (Å²) in [4.78, 5) is 31.9. The minimum Gasteiger partial charge on any atom is -0.361 e. The molecule has 0 radical (unpaired) electrons. The van der Waals surface area contributed by atoms with Crippen molar-refractivity contribution < 1.29 is 13.7 Å². The summed E-state index contributed by atoms with van der Waals surface area (Å²) in [5, 5.41) is 6.57. The zero-order valence-corrected chi connectivity index (χ0v) is 17.0. The van der Waals surface area contributed by atoms with Crippen molar-refractivity contribution in [1.82, 2.24) is 20.0 Å². The van der Waals surface area contributed by atoms with Crippen LogP contribution in [-0.4, -0.2) is 33.7 Å². The molecule has 1 amide bonds. The maximum atomic E-state index is 14.2. The van der Waals surface area contributed by atoms with Crippen LogP contribution in [0.4, 0.5) is 10.2 Å². The van der Waals surface area contributed by atoms with E-state index in [1.165, 1.54) is 6.07 Å². The van der Waals surface area contributed by atoms with Gasteiger partial charge in [-0.1, -0.05) is 5.16 Å². The Morgan fingerprint density at radius 3 is 2.94 bits per heavy atom. The molecule has 0 unspecified atom stereocenters. The number of carbonyl (C=O) groups excluding carboxylic acids is 1. The summed E-state index contributed by atoms with van der Waals surface area (Å²) in [5.41, 5.74) is 1.29. The van der Waals surface area contributed by atoms with Crippen LogP contribution >= 0.6 is 0 Å². The van der Waals surface area contributed by atoms with Gasteiger partial charge in [-0.05, 0) is 43.5 Å². The van der Waals surface area contributed by atoms with Crippen LogP contribution in [0, 0.1) is 18.7 Å². The quantitative estimate of drug-likeness (QED) is 0.692. The average molecular weight is 423 g/mol. The van der Waals surface area contributed by atoms with Crippen LogP contribution in [0.3, 0.4) is 0 Å². The van der Waals surface area contributed by atoms with E-state index in [0.717, 1.165) is 12.1 Å². The summed E-state index contributed by atoms with van der Waals surface area (Å²) in [7, 11) is 0. The highest BCUT2D eigenvalue weighted by molar-refractivity contribution is 5.93. The van der Waals surface area contributed by atoms with E-state index in [-0.39, 0.29) is 35.3 Å². The van der Waals surface area contributed by atoms with Gasteiger partial charge in [0, 0.05) is 43.5 Å². The average Bonchev–Trinajstić information content (AvgIpc) is 3.18. The van der Waals surface area contributed by atoms with Crippen LogP contribution in [0.2, 0.25) is 0 Å². The maximum absolute atomic E-state index is 14.2. The Balaban J connectivity index is 1.37. The maximum Gasteiger partial charge on any atom is 0.263 e. The number of piperidine rings is 1. The molecule has 0 spiro atoms. The lowest BCUT2D eigenvalue weighted by Gasteiger charge is -2.43. The number of pyridine rings is 2. The summed E-state index contributed by atoms with van der Waals surface area (Å²) >= 11 is 0. The molecular weight excluding hydrogens is 401 g/mol. The fourth-order valence-electron chi connectivity index (χ4n) is 4.67. The third-order valence-corrected chi connectivity index (χ3v) is 5.99. The summed E-state index contributed by atoms with van der Waals surface area (Å²) in [5.74, 6) is 0.498. The Hall–Kier alpha value is -3.49. The highest BCUT2D eigenvalue weighted by Crippen LogP contribution is 2.37. The first-order valence-electron chi connectivity index (χ1n) is 10.3. The summed E-state index contributed by atoms with van der Waals surface area (Å²) in [6.45, 7) is 3.67. The monoisotopic (exact) mass is 423 g/mol. The minimum atomic E-state index is -0.436. The SMILES string of the molecule is Cc1cc(CNC(=O)c2ccc3n(c2=O)C[C@H]2C[C@@H]3CN(c3ncccc3F)C2)no1. The number of hydrogen-bond donors (Lipinski definition) is 1. The normalized spacial score (nSPS) is 19.7. The van der Waals surface area contributed by atoms with Crippen LogP contribution in [-0.2, 0) is 13.1 Å². The molecule has 0 aromatic carbocycles. The first-order valence-corrected chi connectivity index (χ1v) is 10.3. The molecule has 2 atom stereocenters. The number of hydrogen-bond acceptors (Lipinski definition) is 6. The molecular formula is C22H22FN5O3. The molecule has 160 valence electrons. The van der Waals surface area contributed by atoms with Crippen LogP contribution in [0.25, 0.3) is 0 Å². The molecule has 5 heterocycles. The molecule has 0 aliphatic carbocycles. The predicted octanol–water partition coefficient (Wildman–Crippen LogP) is 2.23. The first-order chi connectivity index (χ1) is 15.0. The number of halogens is 1. The number of carbonyl (C=O) groups is 1. The number of fused-ring (bicyclic) bond motifs is 4. The van der Waals surface area contributed by atoms with E-state index >= 15 is 0 Å². The molecule has 3 aromatic heterocycles. The second kappa shape index (κ2) is 7.64. The molecule has 2 aliphatic heterocycles. The lowest BCUT2D eigenvalue weighted by Crippen LogP contribution is -2.48. The van der Waals surface area contributed by atoms with Crippen molar-refractivity contribution in [2.45, 2.75) is 32.4 Å². The van der Waals surface area contributed by atoms with Crippen LogP contribution < -0.4 is 15.8 Å². The summed E-state index contributed by atoms with van der Waals surface area (Å²) < 4.78 is 20.9. The van der Waals surface area contributed by atoms with Gasteiger partial charge in [-0.15, -0.1) is 0 Å². The Kier molecular flexibility index (Phi) is 4.80. The largest absolute Gasteiger partial charge is 0.361 e. The van der Waals surface area contributed by atoms with E-state index in [1.54, 1.807) is 35.9 Å². The highest BCUT2D eigenvalue weighted by Gasteiger charge is 2.36. The van der Waals surface area contributed by atoms with Gasteiger partial charge < -0.3 is 19.3 Å². The van der Waals surface area contributed by atoms with Crippen molar-refractivity contribution in [2.24, 2.45) is 5.92 Å². The van der Waals surface area contributed by atoms with Crippen LogP contribution in [0.1, 0.15) is 39.8 Å². The van der Waals surface area contributed by atoms with E-state index < -0.39 is 5.91 Å². The Labute approximate surface area is 177 Å². The number of anilines is 1.